The minimum atomic E-state index is -0.474. The second-order valence-corrected chi connectivity index (χ2v) is 6.00. The molecule has 1 saturated heterocycles. The number of nitro groups is 1. The van der Waals surface area contributed by atoms with E-state index in [-0.39, 0.29) is 17.7 Å². The highest BCUT2D eigenvalue weighted by Crippen LogP contribution is 2.24. The Morgan fingerprint density at radius 2 is 2.08 bits per heavy atom. The van der Waals surface area contributed by atoms with Gasteiger partial charge in [0, 0.05) is 36.2 Å². The molecule has 1 atom stereocenters. The minimum Gasteiger partial charge on any atom is -0.471 e. The zero-order chi connectivity index (χ0) is 18.0. The van der Waals surface area contributed by atoms with Crippen LogP contribution < -0.4 is 4.74 Å². The van der Waals surface area contributed by atoms with Crippen LogP contribution in [0.1, 0.15) is 28.0 Å². The number of amides is 1. The van der Waals surface area contributed by atoms with E-state index in [9.17, 15) is 14.9 Å². The van der Waals surface area contributed by atoms with Crippen LogP contribution in [0, 0.1) is 24.0 Å². The molecule has 1 aliphatic rings. The van der Waals surface area contributed by atoms with Gasteiger partial charge in [-0.05, 0) is 26.0 Å². The number of hydrogen-bond donors (Lipinski definition) is 0. The molecule has 0 bridgehead atoms. The summed E-state index contributed by atoms with van der Waals surface area (Å²) in [4.78, 5) is 24.9. The van der Waals surface area contributed by atoms with Crippen LogP contribution in [0.5, 0.6) is 5.88 Å². The highest BCUT2D eigenvalue weighted by atomic mass is 16.6. The van der Waals surface area contributed by atoms with Crippen molar-refractivity contribution in [1.82, 2.24) is 15.1 Å². The molecular formula is C17H18N4O4. The zero-order valence-electron chi connectivity index (χ0n) is 14.0. The first-order chi connectivity index (χ1) is 12.0. The molecule has 1 unspecified atom stereocenters. The monoisotopic (exact) mass is 342 g/mol. The lowest BCUT2D eigenvalue weighted by molar-refractivity contribution is -0.385. The lowest BCUT2D eigenvalue weighted by Gasteiger charge is -2.18. The van der Waals surface area contributed by atoms with Gasteiger partial charge in [0.05, 0.1) is 17.2 Å². The van der Waals surface area contributed by atoms with E-state index in [1.807, 2.05) is 13.0 Å². The number of rotatable bonds is 4. The predicted molar refractivity (Wildman–Crippen MR) is 89.5 cm³/mol. The Morgan fingerprint density at radius 3 is 2.76 bits per heavy atom. The maximum atomic E-state index is 12.7. The molecule has 1 amide bonds. The van der Waals surface area contributed by atoms with Crippen LogP contribution in [0.25, 0.3) is 0 Å². The van der Waals surface area contributed by atoms with Crippen molar-refractivity contribution in [2.24, 2.45) is 0 Å². The third-order valence-corrected chi connectivity index (χ3v) is 4.23. The summed E-state index contributed by atoms with van der Waals surface area (Å²) in [7, 11) is 0. The number of nitro benzene ring substituents is 1. The van der Waals surface area contributed by atoms with Crippen LogP contribution in [-0.4, -0.2) is 45.1 Å². The van der Waals surface area contributed by atoms with Crippen LogP contribution in [0.3, 0.4) is 0 Å². The van der Waals surface area contributed by atoms with Crippen molar-refractivity contribution in [1.29, 1.82) is 0 Å². The fraction of sp³-hybridized carbons (Fsp3) is 0.353. The summed E-state index contributed by atoms with van der Waals surface area (Å²) in [6.07, 6.45) is 0.509. The number of benzene rings is 1. The van der Waals surface area contributed by atoms with Gasteiger partial charge in [-0.15, -0.1) is 5.10 Å². The van der Waals surface area contributed by atoms with Gasteiger partial charge < -0.3 is 9.64 Å². The Kier molecular flexibility index (Phi) is 4.60. The molecule has 130 valence electrons. The molecule has 0 N–H and O–H groups in total. The third-order valence-electron chi connectivity index (χ3n) is 4.23. The summed E-state index contributed by atoms with van der Waals surface area (Å²) in [6, 6.07) is 8.11. The summed E-state index contributed by atoms with van der Waals surface area (Å²) in [5, 5.41) is 19.0. The average molecular weight is 342 g/mol. The number of hydrogen-bond acceptors (Lipinski definition) is 6. The molecule has 8 heteroatoms. The molecule has 1 aromatic heterocycles. The van der Waals surface area contributed by atoms with E-state index in [0.717, 1.165) is 5.69 Å². The number of likely N-dealkylation sites (tertiary alicyclic amines) is 1. The van der Waals surface area contributed by atoms with E-state index in [4.69, 9.17) is 4.74 Å². The molecule has 1 aromatic carbocycles. The van der Waals surface area contributed by atoms with Gasteiger partial charge in [0.25, 0.3) is 11.6 Å². The van der Waals surface area contributed by atoms with Crippen LogP contribution in [0.4, 0.5) is 5.69 Å². The van der Waals surface area contributed by atoms with Crippen molar-refractivity contribution < 1.29 is 14.5 Å². The number of ether oxygens (including phenoxy) is 1. The lowest BCUT2D eigenvalue weighted by Crippen LogP contribution is -2.31. The fourth-order valence-corrected chi connectivity index (χ4v) is 2.85. The van der Waals surface area contributed by atoms with Gasteiger partial charge in [-0.3, -0.25) is 14.9 Å². The van der Waals surface area contributed by atoms with E-state index in [2.05, 4.69) is 10.2 Å². The highest BCUT2D eigenvalue weighted by Gasteiger charge is 2.30. The summed E-state index contributed by atoms with van der Waals surface area (Å²) in [5.41, 5.74) is 1.49. The van der Waals surface area contributed by atoms with Gasteiger partial charge in [-0.2, -0.15) is 5.10 Å². The molecule has 0 aliphatic carbocycles. The Morgan fingerprint density at radius 1 is 1.28 bits per heavy atom. The van der Waals surface area contributed by atoms with Gasteiger partial charge in [0.1, 0.15) is 6.10 Å². The van der Waals surface area contributed by atoms with E-state index in [1.165, 1.54) is 12.1 Å². The van der Waals surface area contributed by atoms with Gasteiger partial charge in [-0.25, -0.2) is 0 Å². The van der Waals surface area contributed by atoms with E-state index in [1.54, 1.807) is 24.0 Å². The Bertz CT molecular complexity index is 807. The Balaban J connectivity index is 1.69. The standard InChI is InChI=1S/C17H18N4O4/c1-11-6-7-16(19-18-11)25-13-8-9-20(10-13)17(22)14-4-3-5-15(12(14)2)21(23)24/h3-7,13H,8-10H2,1-2H3. The van der Waals surface area contributed by atoms with E-state index in [0.29, 0.717) is 36.5 Å². The van der Waals surface area contributed by atoms with Crippen LogP contribution in [0.2, 0.25) is 0 Å². The number of aromatic nitrogens is 2. The molecule has 8 nitrogen and oxygen atoms in total. The number of carbonyl (C=O) groups is 1. The average Bonchev–Trinajstić information content (AvgIpc) is 3.05. The zero-order valence-corrected chi connectivity index (χ0v) is 14.0. The van der Waals surface area contributed by atoms with Crippen molar-refractivity contribution in [2.75, 3.05) is 13.1 Å². The molecular weight excluding hydrogens is 324 g/mol. The van der Waals surface area contributed by atoms with Gasteiger partial charge >= 0.3 is 0 Å². The SMILES string of the molecule is Cc1ccc(OC2CCN(C(=O)c3cccc([N+](=O)[O-])c3C)C2)nn1. The first-order valence-electron chi connectivity index (χ1n) is 7.96. The highest BCUT2D eigenvalue weighted by molar-refractivity contribution is 5.96. The molecule has 2 heterocycles. The minimum absolute atomic E-state index is 0.0484. The second kappa shape index (κ2) is 6.84. The van der Waals surface area contributed by atoms with E-state index < -0.39 is 4.92 Å². The molecule has 0 radical (unpaired) electrons. The predicted octanol–water partition coefficient (Wildman–Crippen LogP) is 2.30. The van der Waals surface area contributed by atoms with Crippen molar-refractivity contribution in [2.45, 2.75) is 26.4 Å². The van der Waals surface area contributed by atoms with Crippen molar-refractivity contribution in [3.8, 4) is 5.88 Å². The van der Waals surface area contributed by atoms with Crippen LogP contribution in [-0.2, 0) is 0 Å². The van der Waals surface area contributed by atoms with Gasteiger partial charge in [-0.1, -0.05) is 6.07 Å². The maximum Gasteiger partial charge on any atom is 0.273 e. The van der Waals surface area contributed by atoms with Crippen LogP contribution in [0.15, 0.2) is 30.3 Å². The lowest BCUT2D eigenvalue weighted by atomic mass is 10.1. The quantitative estimate of drug-likeness (QED) is 0.624. The summed E-state index contributed by atoms with van der Waals surface area (Å²) >= 11 is 0. The Hall–Kier alpha value is -3.03. The molecule has 3 rings (SSSR count). The maximum absolute atomic E-state index is 12.7. The van der Waals surface area contributed by atoms with E-state index >= 15 is 0 Å². The molecule has 1 fully saturated rings. The fourth-order valence-electron chi connectivity index (χ4n) is 2.85. The molecule has 0 saturated carbocycles. The first-order valence-corrected chi connectivity index (χ1v) is 7.96. The topological polar surface area (TPSA) is 98.5 Å². The van der Waals surface area contributed by atoms with Gasteiger partial charge in [0.2, 0.25) is 5.88 Å². The normalized spacial score (nSPS) is 16.7. The summed E-state index contributed by atoms with van der Waals surface area (Å²) in [6.45, 7) is 4.38. The first kappa shape index (κ1) is 16.8. The van der Waals surface area contributed by atoms with Gasteiger partial charge in [0.15, 0.2) is 0 Å². The molecule has 0 spiro atoms. The molecule has 2 aromatic rings. The molecule has 25 heavy (non-hydrogen) atoms. The van der Waals surface area contributed by atoms with Crippen molar-refractivity contribution in [3.05, 3.63) is 57.3 Å². The number of carbonyl (C=O) groups excluding carboxylic acids is 1. The third kappa shape index (κ3) is 3.57. The number of nitrogens with zero attached hydrogens (tertiary/aromatic N) is 4. The largest absolute Gasteiger partial charge is 0.471 e. The summed E-state index contributed by atoms with van der Waals surface area (Å²) in [5.74, 6) is 0.207. The van der Waals surface area contributed by atoms with Crippen molar-refractivity contribution >= 4 is 11.6 Å². The smallest absolute Gasteiger partial charge is 0.273 e. The summed E-state index contributed by atoms with van der Waals surface area (Å²) < 4.78 is 5.76. The second-order valence-electron chi connectivity index (χ2n) is 6.00. The molecule has 1 aliphatic heterocycles. The Labute approximate surface area is 144 Å². The number of aryl methyl sites for hydroxylation is 1. The van der Waals surface area contributed by atoms with Crippen molar-refractivity contribution in [3.63, 3.8) is 0 Å². The van der Waals surface area contributed by atoms with Crippen LogP contribution >= 0.6 is 0 Å².